The van der Waals surface area contributed by atoms with E-state index in [0.29, 0.717) is 16.4 Å². The van der Waals surface area contributed by atoms with Gasteiger partial charge in [-0.25, -0.2) is 8.78 Å². The molecule has 102 valence electrons. The highest BCUT2D eigenvalue weighted by atomic mass is 35.5. The third-order valence-electron chi connectivity index (χ3n) is 2.84. The molecule has 1 unspecified atom stereocenters. The van der Waals surface area contributed by atoms with E-state index in [4.69, 9.17) is 11.6 Å². The Labute approximate surface area is 120 Å². The molecule has 2 aromatic rings. The first-order valence-corrected chi connectivity index (χ1v) is 7.16. The van der Waals surface area contributed by atoms with Crippen molar-refractivity contribution in [3.63, 3.8) is 0 Å². The molecule has 2 rings (SSSR count). The third kappa shape index (κ3) is 3.14. The maximum atomic E-state index is 13.9. The van der Waals surface area contributed by atoms with Crippen LogP contribution < -0.4 is 5.32 Å². The monoisotopic (exact) mass is 301 g/mol. The van der Waals surface area contributed by atoms with Crippen LogP contribution in [0.25, 0.3) is 0 Å². The zero-order chi connectivity index (χ0) is 14.0. The van der Waals surface area contributed by atoms with Gasteiger partial charge in [0.05, 0.1) is 10.4 Å². The van der Waals surface area contributed by atoms with Crippen LogP contribution in [0.5, 0.6) is 0 Å². The summed E-state index contributed by atoms with van der Waals surface area (Å²) in [4.78, 5) is 0.926. The molecule has 1 aromatic carbocycles. The predicted octanol–water partition coefficient (Wildman–Crippen LogP) is 4.69. The average Bonchev–Trinajstić information content (AvgIpc) is 2.67. The van der Waals surface area contributed by atoms with Crippen LogP contribution in [0.4, 0.5) is 8.78 Å². The molecular weight excluding hydrogens is 288 g/mol. The fourth-order valence-electron chi connectivity index (χ4n) is 1.93. The van der Waals surface area contributed by atoms with Crippen molar-refractivity contribution in [3.05, 3.63) is 56.2 Å². The van der Waals surface area contributed by atoms with E-state index in [1.54, 1.807) is 0 Å². The Morgan fingerprint density at radius 1 is 1.32 bits per heavy atom. The zero-order valence-electron chi connectivity index (χ0n) is 10.6. The molecule has 0 aliphatic heterocycles. The smallest absolute Gasteiger partial charge is 0.131 e. The van der Waals surface area contributed by atoms with Crippen molar-refractivity contribution >= 4 is 22.9 Å². The van der Waals surface area contributed by atoms with Crippen LogP contribution >= 0.6 is 22.9 Å². The standard InChI is InChI=1S/C14H14ClF2NS/c1-3-18-13(12-6-8(2)14(15)19-12)10-5-4-9(16)7-11(10)17/h4-7,13,18H,3H2,1-2H3. The van der Waals surface area contributed by atoms with E-state index in [1.807, 2.05) is 19.9 Å². The minimum atomic E-state index is -0.572. The number of aryl methyl sites for hydroxylation is 1. The summed E-state index contributed by atoms with van der Waals surface area (Å²) >= 11 is 7.48. The number of hydrogen-bond donors (Lipinski definition) is 1. The molecule has 0 radical (unpaired) electrons. The lowest BCUT2D eigenvalue weighted by Crippen LogP contribution is -2.22. The number of thiophene rings is 1. The van der Waals surface area contributed by atoms with Gasteiger partial charge in [-0.3, -0.25) is 0 Å². The van der Waals surface area contributed by atoms with Crippen molar-refractivity contribution in [1.29, 1.82) is 0 Å². The lowest BCUT2D eigenvalue weighted by molar-refractivity contribution is 0.544. The highest BCUT2D eigenvalue weighted by Crippen LogP contribution is 2.35. The molecule has 0 aliphatic carbocycles. The summed E-state index contributed by atoms with van der Waals surface area (Å²) in [5, 5.41) is 3.21. The summed E-state index contributed by atoms with van der Waals surface area (Å²) in [6, 6.07) is 5.28. The topological polar surface area (TPSA) is 12.0 Å². The molecule has 1 N–H and O–H groups in total. The summed E-state index contributed by atoms with van der Waals surface area (Å²) in [6.07, 6.45) is 0. The van der Waals surface area contributed by atoms with Gasteiger partial charge in [0.25, 0.3) is 0 Å². The Kier molecular flexibility index (Phi) is 4.55. The number of halogens is 3. The van der Waals surface area contributed by atoms with E-state index in [-0.39, 0.29) is 6.04 Å². The van der Waals surface area contributed by atoms with Gasteiger partial charge in [-0.05, 0) is 31.2 Å². The quantitative estimate of drug-likeness (QED) is 0.864. The fourth-order valence-corrected chi connectivity index (χ4v) is 3.24. The zero-order valence-corrected chi connectivity index (χ0v) is 12.2. The Morgan fingerprint density at radius 3 is 2.58 bits per heavy atom. The van der Waals surface area contributed by atoms with Gasteiger partial charge in [0.1, 0.15) is 11.6 Å². The van der Waals surface area contributed by atoms with Crippen LogP contribution in [-0.4, -0.2) is 6.54 Å². The first-order valence-electron chi connectivity index (χ1n) is 5.97. The van der Waals surface area contributed by atoms with Crippen molar-refractivity contribution in [2.45, 2.75) is 19.9 Å². The van der Waals surface area contributed by atoms with Crippen LogP contribution in [0, 0.1) is 18.6 Å². The van der Waals surface area contributed by atoms with Crippen LogP contribution in [-0.2, 0) is 0 Å². The predicted molar refractivity (Wildman–Crippen MR) is 75.9 cm³/mol. The summed E-state index contributed by atoms with van der Waals surface area (Å²) < 4.78 is 27.6. The second kappa shape index (κ2) is 5.99. The van der Waals surface area contributed by atoms with Crippen molar-refractivity contribution in [1.82, 2.24) is 5.32 Å². The second-order valence-electron chi connectivity index (χ2n) is 4.26. The molecule has 1 heterocycles. The number of benzene rings is 1. The van der Waals surface area contributed by atoms with E-state index in [0.717, 1.165) is 16.5 Å². The molecule has 0 saturated heterocycles. The van der Waals surface area contributed by atoms with Crippen LogP contribution in [0.3, 0.4) is 0 Å². The molecule has 19 heavy (non-hydrogen) atoms. The molecule has 1 atom stereocenters. The van der Waals surface area contributed by atoms with Crippen molar-refractivity contribution < 1.29 is 8.78 Å². The molecule has 5 heteroatoms. The van der Waals surface area contributed by atoms with E-state index in [9.17, 15) is 8.78 Å². The summed E-state index contributed by atoms with van der Waals surface area (Å²) in [7, 11) is 0. The minimum absolute atomic E-state index is 0.304. The van der Waals surface area contributed by atoms with E-state index in [1.165, 1.54) is 23.5 Å². The Balaban J connectivity index is 2.44. The normalized spacial score (nSPS) is 12.7. The van der Waals surface area contributed by atoms with Gasteiger partial charge in [-0.15, -0.1) is 11.3 Å². The molecule has 0 saturated carbocycles. The lowest BCUT2D eigenvalue weighted by atomic mass is 10.0. The van der Waals surface area contributed by atoms with Gasteiger partial charge >= 0.3 is 0 Å². The van der Waals surface area contributed by atoms with Gasteiger partial charge < -0.3 is 5.32 Å². The Morgan fingerprint density at radius 2 is 2.05 bits per heavy atom. The van der Waals surface area contributed by atoms with E-state index >= 15 is 0 Å². The SMILES string of the molecule is CCNC(c1cc(C)c(Cl)s1)c1ccc(F)cc1F. The summed E-state index contributed by atoms with van der Waals surface area (Å²) in [6.45, 7) is 4.53. The molecular formula is C14H14ClF2NS. The Hall–Kier alpha value is -0.970. The molecule has 0 aliphatic rings. The molecule has 0 fully saturated rings. The van der Waals surface area contributed by atoms with Gasteiger partial charge in [0.15, 0.2) is 0 Å². The van der Waals surface area contributed by atoms with Crippen molar-refractivity contribution in [2.75, 3.05) is 6.54 Å². The molecule has 0 bridgehead atoms. The number of hydrogen-bond acceptors (Lipinski definition) is 2. The van der Waals surface area contributed by atoms with Gasteiger partial charge in [-0.1, -0.05) is 24.6 Å². The second-order valence-corrected chi connectivity index (χ2v) is 5.95. The molecule has 1 nitrogen and oxygen atoms in total. The number of nitrogens with one attached hydrogen (secondary N) is 1. The maximum absolute atomic E-state index is 13.9. The highest BCUT2D eigenvalue weighted by Gasteiger charge is 2.20. The lowest BCUT2D eigenvalue weighted by Gasteiger charge is -2.17. The first-order chi connectivity index (χ1) is 9.02. The van der Waals surface area contributed by atoms with Crippen LogP contribution in [0.2, 0.25) is 4.34 Å². The van der Waals surface area contributed by atoms with E-state index < -0.39 is 11.6 Å². The largest absolute Gasteiger partial charge is 0.306 e. The van der Waals surface area contributed by atoms with Gasteiger partial charge in [-0.2, -0.15) is 0 Å². The van der Waals surface area contributed by atoms with Gasteiger partial charge in [0, 0.05) is 16.5 Å². The third-order valence-corrected chi connectivity index (χ3v) is 4.46. The van der Waals surface area contributed by atoms with Crippen molar-refractivity contribution in [2.24, 2.45) is 0 Å². The van der Waals surface area contributed by atoms with Gasteiger partial charge in [0.2, 0.25) is 0 Å². The minimum Gasteiger partial charge on any atom is -0.306 e. The number of rotatable bonds is 4. The first kappa shape index (κ1) is 14.4. The summed E-state index contributed by atoms with van der Waals surface area (Å²) in [5.41, 5.74) is 1.40. The summed E-state index contributed by atoms with van der Waals surface area (Å²) in [5.74, 6) is -1.12. The molecule has 1 aromatic heterocycles. The van der Waals surface area contributed by atoms with Crippen molar-refractivity contribution in [3.8, 4) is 0 Å². The highest BCUT2D eigenvalue weighted by molar-refractivity contribution is 7.16. The van der Waals surface area contributed by atoms with Crippen LogP contribution in [0.1, 0.15) is 29.0 Å². The van der Waals surface area contributed by atoms with Crippen LogP contribution in [0.15, 0.2) is 24.3 Å². The fraction of sp³-hybridized carbons (Fsp3) is 0.286. The molecule has 0 spiro atoms. The maximum Gasteiger partial charge on any atom is 0.131 e. The molecule has 0 amide bonds. The Bertz CT molecular complexity index is 563. The average molecular weight is 302 g/mol. The van der Waals surface area contributed by atoms with E-state index in [2.05, 4.69) is 5.32 Å².